The molecule has 0 atom stereocenters. The van der Waals surface area contributed by atoms with E-state index in [-0.39, 0.29) is 25.4 Å². The van der Waals surface area contributed by atoms with Gasteiger partial charge in [0.1, 0.15) is 6.17 Å². The molecule has 6 heteroatoms. The minimum absolute atomic E-state index is 0.0833. The highest BCUT2D eigenvalue weighted by Gasteiger charge is 2.36. The van der Waals surface area contributed by atoms with Crippen LogP contribution in [0.5, 0.6) is 0 Å². The van der Waals surface area contributed by atoms with Crippen LogP contribution in [0, 0.1) is 17.8 Å². The lowest BCUT2D eigenvalue weighted by atomic mass is 9.95. The molecule has 0 heterocycles. The SMILES string of the molecule is C1CCCCC1.CCC1CC1.FC(F)C1CC1.FC1(F)CCC1.FC1CCC1.FCC1CC1. The van der Waals surface area contributed by atoms with Crippen molar-refractivity contribution < 1.29 is 26.3 Å². The molecule has 0 saturated heterocycles. The van der Waals surface area contributed by atoms with E-state index >= 15 is 0 Å². The van der Waals surface area contributed by atoms with Crippen molar-refractivity contribution in [3.63, 3.8) is 0 Å². The van der Waals surface area contributed by atoms with Gasteiger partial charge in [-0.2, -0.15) is 0 Å². The topological polar surface area (TPSA) is 0 Å². The predicted octanol–water partition coefficient (Wildman–Crippen LogP) is 10.5. The van der Waals surface area contributed by atoms with Gasteiger partial charge in [-0.1, -0.05) is 64.7 Å². The Morgan fingerprint density at radius 2 is 1.06 bits per heavy atom. The number of rotatable bonds is 3. The summed E-state index contributed by atoms with van der Waals surface area (Å²) in [4.78, 5) is 0. The van der Waals surface area contributed by atoms with Crippen LogP contribution in [0.15, 0.2) is 0 Å². The first-order valence-corrected chi connectivity index (χ1v) is 13.6. The Morgan fingerprint density at radius 3 is 1.09 bits per heavy atom. The lowest BCUT2D eigenvalue weighted by Gasteiger charge is -2.23. The smallest absolute Gasteiger partial charge is 0.248 e. The second-order valence-electron chi connectivity index (χ2n) is 10.5. The van der Waals surface area contributed by atoms with Crippen molar-refractivity contribution in [3.8, 4) is 0 Å². The Kier molecular flexibility index (Phi) is 16.6. The molecule has 0 nitrogen and oxygen atoms in total. The third-order valence-electron chi connectivity index (χ3n) is 6.79. The molecule has 0 N–H and O–H groups in total. The Labute approximate surface area is 198 Å². The van der Waals surface area contributed by atoms with Crippen LogP contribution in [0.4, 0.5) is 26.3 Å². The van der Waals surface area contributed by atoms with Gasteiger partial charge in [-0.15, -0.1) is 0 Å². The van der Waals surface area contributed by atoms with Gasteiger partial charge in [0.05, 0.1) is 6.67 Å². The zero-order valence-electron chi connectivity index (χ0n) is 20.8. The molecule has 33 heavy (non-hydrogen) atoms. The molecule has 0 aliphatic heterocycles. The maximum atomic E-state index is 11.5. The molecular weight excluding hydrogens is 438 g/mol. The number of hydrogen-bond donors (Lipinski definition) is 0. The molecule has 6 saturated carbocycles. The molecular formula is C27H48F6. The monoisotopic (exact) mass is 486 g/mol. The summed E-state index contributed by atoms with van der Waals surface area (Å²) in [5, 5.41) is 0. The minimum atomic E-state index is -2.28. The van der Waals surface area contributed by atoms with Crippen LogP contribution < -0.4 is 0 Å². The fourth-order valence-electron chi connectivity index (χ4n) is 3.01. The summed E-state index contributed by atoms with van der Waals surface area (Å²) in [6, 6.07) is 0. The average molecular weight is 487 g/mol. The largest absolute Gasteiger partial charge is 0.251 e. The highest BCUT2D eigenvalue weighted by atomic mass is 19.3. The van der Waals surface area contributed by atoms with Crippen molar-refractivity contribution in [3.05, 3.63) is 0 Å². The highest BCUT2D eigenvalue weighted by Crippen LogP contribution is 2.36. The lowest BCUT2D eigenvalue weighted by Crippen LogP contribution is -2.24. The molecule has 6 aliphatic rings. The first kappa shape index (κ1) is 30.6. The fourth-order valence-corrected chi connectivity index (χ4v) is 3.01. The van der Waals surface area contributed by atoms with Gasteiger partial charge in [-0.05, 0) is 63.2 Å². The van der Waals surface area contributed by atoms with Crippen molar-refractivity contribution in [1.82, 2.24) is 0 Å². The van der Waals surface area contributed by atoms with Gasteiger partial charge in [0.15, 0.2) is 0 Å². The third-order valence-corrected chi connectivity index (χ3v) is 6.79. The van der Waals surface area contributed by atoms with Crippen LogP contribution in [0.3, 0.4) is 0 Å². The zero-order chi connectivity index (χ0) is 24.5. The van der Waals surface area contributed by atoms with Gasteiger partial charge in [0.2, 0.25) is 12.3 Å². The van der Waals surface area contributed by atoms with Crippen molar-refractivity contribution >= 4 is 0 Å². The summed E-state index contributed by atoms with van der Waals surface area (Å²) in [7, 11) is 0. The van der Waals surface area contributed by atoms with E-state index in [4.69, 9.17) is 0 Å². The van der Waals surface area contributed by atoms with E-state index in [0.717, 1.165) is 50.9 Å². The Bertz CT molecular complexity index is 406. The summed E-state index contributed by atoms with van der Waals surface area (Å²) in [6.45, 7) is 2.18. The van der Waals surface area contributed by atoms with Gasteiger partial charge in [-0.25, -0.2) is 22.0 Å². The predicted molar refractivity (Wildman–Crippen MR) is 126 cm³/mol. The molecule has 0 bridgehead atoms. The van der Waals surface area contributed by atoms with E-state index < -0.39 is 18.5 Å². The molecule has 6 fully saturated rings. The maximum absolute atomic E-state index is 11.5. The molecule has 0 amide bonds. The van der Waals surface area contributed by atoms with Gasteiger partial charge in [-0.3, -0.25) is 4.39 Å². The van der Waals surface area contributed by atoms with Crippen molar-refractivity contribution in [2.45, 2.75) is 147 Å². The van der Waals surface area contributed by atoms with E-state index in [9.17, 15) is 26.3 Å². The summed E-state index contributed by atoms with van der Waals surface area (Å²) in [6.07, 6.45) is 18.4. The van der Waals surface area contributed by atoms with Crippen LogP contribution >= 0.6 is 0 Å². The fraction of sp³-hybridized carbons (Fsp3) is 1.00. The van der Waals surface area contributed by atoms with E-state index in [2.05, 4.69) is 6.92 Å². The number of alkyl halides is 6. The average Bonchev–Trinajstić information content (AvgIpc) is 3.65. The molecule has 0 aromatic heterocycles. The van der Waals surface area contributed by atoms with Gasteiger partial charge < -0.3 is 0 Å². The molecule has 0 radical (unpaired) electrons. The molecule has 0 spiro atoms. The van der Waals surface area contributed by atoms with E-state index in [1.54, 1.807) is 0 Å². The zero-order valence-corrected chi connectivity index (χ0v) is 20.8. The van der Waals surface area contributed by atoms with Crippen LogP contribution in [0.1, 0.15) is 129 Å². The molecule has 198 valence electrons. The van der Waals surface area contributed by atoms with Crippen molar-refractivity contribution in [1.29, 1.82) is 0 Å². The molecule has 0 aromatic rings. The summed E-state index contributed by atoms with van der Waals surface area (Å²) < 4.78 is 68.2. The van der Waals surface area contributed by atoms with Crippen molar-refractivity contribution in [2.75, 3.05) is 6.67 Å². The molecule has 0 aromatic carbocycles. The van der Waals surface area contributed by atoms with Crippen LogP contribution in [0.25, 0.3) is 0 Å². The molecule has 6 rings (SSSR count). The quantitative estimate of drug-likeness (QED) is 0.348. The van der Waals surface area contributed by atoms with Crippen molar-refractivity contribution in [2.24, 2.45) is 17.8 Å². The molecule has 0 unspecified atom stereocenters. The van der Waals surface area contributed by atoms with Crippen LogP contribution in [-0.4, -0.2) is 25.2 Å². The first-order chi connectivity index (χ1) is 15.8. The Balaban J connectivity index is 0.000000198. The lowest BCUT2D eigenvalue weighted by molar-refractivity contribution is -0.0717. The second-order valence-corrected chi connectivity index (χ2v) is 10.5. The second kappa shape index (κ2) is 17.9. The molecule has 6 aliphatic carbocycles. The van der Waals surface area contributed by atoms with E-state index in [1.165, 1.54) is 57.8 Å². The van der Waals surface area contributed by atoms with E-state index in [1.807, 2.05) is 0 Å². The maximum Gasteiger partial charge on any atom is 0.248 e. The Morgan fingerprint density at radius 1 is 0.667 bits per heavy atom. The standard InChI is InChI=1S/C6H12.C5H10.2C4H6F2.2C4H7F/c1-2-4-6-5-3-1;1-2-5-3-4-5;5-4(6)2-1-3-4;5-4(6)3-1-2-3;5-3-4-1-2-4;5-4-2-1-3-4/h1-6H2;5H,2-4H2,1H3;1-3H2;3-4H,1-2H2;2*4H,1-3H2. The van der Waals surface area contributed by atoms with Crippen LogP contribution in [0.2, 0.25) is 0 Å². The Hall–Kier alpha value is -0.420. The van der Waals surface area contributed by atoms with Crippen LogP contribution in [-0.2, 0) is 0 Å². The van der Waals surface area contributed by atoms with Gasteiger partial charge >= 0.3 is 0 Å². The number of halogens is 6. The summed E-state index contributed by atoms with van der Waals surface area (Å²) in [5.41, 5.74) is 0. The van der Waals surface area contributed by atoms with E-state index in [0.29, 0.717) is 12.3 Å². The normalized spacial score (nSPS) is 24.7. The summed E-state index contributed by atoms with van der Waals surface area (Å²) in [5.74, 6) is -0.907. The third kappa shape index (κ3) is 20.7. The van der Waals surface area contributed by atoms with Gasteiger partial charge in [0, 0.05) is 18.8 Å². The number of hydrogen-bond acceptors (Lipinski definition) is 0. The first-order valence-electron chi connectivity index (χ1n) is 13.6. The summed E-state index contributed by atoms with van der Waals surface area (Å²) >= 11 is 0. The highest BCUT2D eigenvalue weighted by molar-refractivity contribution is 4.76. The minimum Gasteiger partial charge on any atom is -0.251 e. The van der Waals surface area contributed by atoms with Gasteiger partial charge in [0.25, 0.3) is 0 Å².